The fraction of sp³-hybridized carbons (Fsp3) is 0.745. The number of carbonyl (C=O) groups is 2. The summed E-state index contributed by atoms with van der Waals surface area (Å²) in [5.41, 5.74) is 0. The van der Waals surface area contributed by atoms with Crippen LogP contribution in [0.4, 0.5) is 0 Å². The van der Waals surface area contributed by atoms with Gasteiger partial charge in [0.15, 0.2) is 6.10 Å². The van der Waals surface area contributed by atoms with Crippen molar-refractivity contribution in [2.24, 2.45) is 0 Å². The second-order valence-electron chi connectivity index (χ2n) is 18.5. The van der Waals surface area contributed by atoms with Crippen molar-refractivity contribution in [2.75, 3.05) is 47.5 Å². The van der Waals surface area contributed by atoms with Gasteiger partial charge in [0, 0.05) is 12.8 Å². The Morgan fingerprint density at radius 1 is 0.492 bits per heavy atom. The summed E-state index contributed by atoms with van der Waals surface area (Å²) in [6.45, 7) is 4.31. The molecule has 65 heavy (non-hydrogen) atoms. The fourth-order valence-electron chi connectivity index (χ4n) is 6.96. The van der Waals surface area contributed by atoms with Crippen LogP contribution in [0.1, 0.15) is 213 Å². The maximum absolute atomic E-state index is 12.8. The summed E-state index contributed by atoms with van der Waals surface area (Å²) in [5, 5.41) is 0. The van der Waals surface area contributed by atoms with Crippen LogP contribution in [0.2, 0.25) is 0 Å². The molecular formula is C55H99NO8P+. The Bertz CT molecular complexity index is 1330. The topological polar surface area (TPSA) is 108 Å². The van der Waals surface area contributed by atoms with Gasteiger partial charge < -0.3 is 18.9 Å². The highest BCUT2D eigenvalue weighted by Gasteiger charge is 2.27. The highest BCUT2D eigenvalue weighted by molar-refractivity contribution is 7.47. The molecule has 10 heteroatoms. The number of likely N-dealkylation sites (N-methyl/N-ethyl adjacent to an activating group) is 1. The number of rotatable bonds is 47. The highest BCUT2D eigenvalue weighted by Crippen LogP contribution is 2.43. The zero-order valence-corrected chi connectivity index (χ0v) is 43.3. The summed E-state index contributed by atoms with van der Waals surface area (Å²) >= 11 is 0. The molecule has 2 atom stereocenters. The number of phosphoric ester groups is 1. The summed E-state index contributed by atoms with van der Waals surface area (Å²) in [7, 11) is 1.47. The van der Waals surface area contributed by atoms with E-state index in [1.165, 1.54) is 96.3 Å². The molecule has 2 unspecified atom stereocenters. The Balaban J connectivity index is 4.23. The van der Waals surface area contributed by atoms with E-state index in [1.807, 2.05) is 21.1 Å². The predicted molar refractivity (Wildman–Crippen MR) is 275 cm³/mol. The van der Waals surface area contributed by atoms with Crippen molar-refractivity contribution >= 4 is 19.8 Å². The first-order valence-electron chi connectivity index (χ1n) is 26.2. The normalized spacial score (nSPS) is 14.0. The Morgan fingerprint density at radius 2 is 0.877 bits per heavy atom. The first-order valence-corrected chi connectivity index (χ1v) is 27.7. The maximum Gasteiger partial charge on any atom is 0.472 e. The Morgan fingerprint density at radius 3 is 1.31 bits per heavy atom. The molecule has 1 N–H and O–H groups in total. The van der Waals surface area contributed by atoms with E-state index in [0.717, 1.165) is 83.5 Å². The molecule has 0 aliphatic rings. The maximum atomic E-state index is 12.8. The Kier molecular flexibility index (Phi) is 44.7. The Labute approximate surface area is 399 Å². The molecule has 0 radical (unpaired) electrons. The van der Waals surface area contributed by atoms with Crippen molar-refractivity contribution in [1.82, 2.24) is 0 Å². The molecule has 0 aromatic heterocycles. The number of nitrogens with zero attached hydrogens (tertiary/aromatic N) is 1. The summed E-state index contributed by atoms with van der Waals surface area (Å²) in [5.74, 6) is -0.806. The Hall–Kier alpha value is -2.55. The minimum Gasteiger partial charge on any atom is -0.462 e. The number of ether oxygens (including phenoxy) is 2. The van der Waals surface area contributed by atoms with E-state index < -0.39 is 26.5 Å². The first-order chi connectivity index (χ1) is 31.5. The third-order valence-electron chi connectivity index (χ3n) is 11.0. The number of hydrogen-bond donors (Lipinski definition) is 1. The van der Waals surface area contributed by atoms with E-state index in [1.54, 1.807) is 0 Å². The number of esters is 2. The lowest BCUT2D eigenvalue weighted by molar-refractivity contribution is -0.870. The minimum atomic E-state index is -4.38. The van der Waals surface area contributed by atoms with Crippen molar-refractivity contribution < 1.29 is 42.1 Å². The molecule has 0 saturated carbocycles. The van der Waals surface area contributed by atoms with Gasteiger partial charge in [0.25, 0.3) is 0 Å². The smallest absolute Gasteiger partial charge is 0.462 e. The summed E-state index contributed by atoms with van der Waals surface area (Å²) in [4.78, 5) is 35.5. The van der Waals surface area contributed by atoms with Crippen molar-refractivity contribution in [3.05, 3.63) is 72.9 Å². The molecule has 0 fully saturated rings. The van der Waals surface area contributed by atoms with Crippen LogP contribution in [0, 0.1) is 0 Å². The van der Waals surface area contributed by atoms with Crippen LogP contribution in [0.3, 0.4) is 0 Å². The lowest BCUT2D eigenvalue weighted by atomic mass is 10.0. The first kappa shape index (κ1) is 62.4. The summed E-state index contributed by atoms with van der Waals surface area (Å²) in [6.07, 6.45) is 59.5. The predicted octanol–water partition coefficient (Wildman–Crippen LogP) is 15.8. The van der Waals surface area contributed by atoms with Crippen molar-refractivity contribution in [3.8, 4) is 0 Å². The van der Waals surface area contributed by atoms with Crippen LogP contribution < -0.4 is 0 Å². The van der Waals surface area contributed by atoms with Gasteiger partial charge in [-0.1, -0.05) is 209 Å². The quantitative estimate of drug-likeness (QED) is 0.0211. The molecule has 9 nitrogen and oxygen atoms in total. The number of phosphoric acid groups is 1. The van der Waals surface area contributed by atoms with E-state index in [-0.39, 0.29) is 32.0 Å². The molecular weight excluding hydrogens is 834 g/mol. The van der Waals surface area contributed by atoms with Gasteiger partial charge >= 0.3 is 19.8 Å². The monoisotopic (exact) mass is 933 g/mol. The molecule has 0 aromatic rings. The van der Waals surface area contributed by atoms with Gasteiger partial charge in [-0.15, -0.1) is 0 Å². The van der Waals surface area contributed by atoms with E-state index >= 15 is 0 Å². The zero-order chi connectivity index (χ0) is 47.8. The number of unbranched alkanes of at least 4 members (excludes halogenated alkanes) is 21. The highest BCUT2D eigenvalue weighted by atomic mass is 31.2. The number of carbonyl (C=O) groups excluding carboxylic acids is 2. The molecule has 0 spiro atoms. The lowest BCUT2D eigenvalue weighted by Gasteiger charge is -2.24. The molecule has 376 valence electrons. The molecule has 0 aliphatic heterocycles. The average molecular weight is 933 g/mol. The second kappa shape index (κ2) is 46.6. The van der Waals surface area contributed by atoms with E-state index in [4.69, 9.17) is 18.5 Å². The summed E-state index contributed by atoms with van der Waals surface area (Å²) < 4.78 is 34.4. The van der Waals surface area contributed by atoms with Crippen LogP contribution in [-0.4, -0.2) is 74.9 Å². The van der Waals surface area contributed by atoms with Crippen LogP contribution >= 0.6 is 7.82 Å². The van der Waals surface area contributed by atoms with Crippen LogP contribution in [-0.2, 0) is 32.7 Å². The largest absolute Gasteiger partial charge is 0.472 e. The van der Waals surface area contributed by atoms with Crippen molar-refractivity contribution in [2.45, 2.75) is 219 Å². The lowest BCUT2D eigenvalue weighted by Crippen LogP contribution is -2.37. The van der Waals surface area contributed by atoms with Crippen molar-refractivity contribution in [1.29, 1.82) is 0 Å². The molecule has 0 bridgehead atoms. The third kappa shape index (κ3) is 50.7. The standard InChI is InChI=1S/C55H98NO8P/c1-6-8-10-12-14-16-18-20-22-23-24-25-26-27-28-29-30-31-32-33-34-36-38-40-42-44-46-48-55(58)64-53(52-63-65(59,60)62-50-49-56(3,4)5)51-61-54(57)47-45-43-41-39-37-35-21-19-17-15-13-11-9-7-2/h8,10,14,16,20,22,24-25,27-28,30-31,53H,6-7,9,11-13,15,17-19,21,23,26,29,32-52H2,1-5H3/p+1/b10-8-,16-14-,22-20-,25-24-,28-27-,31-30-. The number of hydrogen-bond acceptors (Lipinski definition) is 7. The molecule has 0 aromatic carbocycles. The molecule has 0 amide bonds. The van der Waals surface area contributed by atoms with Gasteiger partial charge in [0.2, 0.25) is 0 Å². The molecule has 0 heterocycles. The summed E-state index contributed by atoms with van der Waals surface area (Å²) in [6, 6.07) is 0. The molecule has 0 saturated heterocycles. The third-order valence-corrected chi connectivity index (χ3v) is 12.0. The molecule has 0 aliphatic carbocycles. The van der Waals surface area contributed by atoms with Gasteiger partial charge in [-0.25, -0.2) is 4.57 Å². The number of quaternary nitrogens is 1. The fourth-order valence-corrected chi connectivity index (χ4v) is 7.70. The number of allylic oxidation sites excluding steroid dienone is 12. The minimum absolute atomic E-state index is 0.0280. The van der Waals surface area contributed by atoms with Gasteiger partial charge in [0.05, 0.1) is 27.7 Å². The second-order valence-corrected chi connectivity index (χ2v) is 20.0. The van der Waals surface area contributed by atoms with Gasteiger partial charge in [0.1, 0.15) is 19.8 Å². The van der Waals surface area contributed by atoms with Gasteiger partial charge in [-0.05, 0) is 64.2 Å². The molecule has 0 rings (SSSR count). The van der Waals surface area contributed by atoms with E-state index in [0.29, 0.717) is 17.4 Å². The van der Waals surface area contributed by atoms with Crippen LogP contribution in [0.5, 0.6) is 0 Å². The van der Waals surface area contributed by atoms with Gasteiger partial charge in [-0.2, -0.15) is 0 Å². The average Bonchev–Trinajstić information content (AvgIpc) is 3.26. The zero-order valence-electron chi connectivity index (χ0n) is 42.5. The van der Waals surface area contributed by atoms with Crippen LogP contribution in [0.15, 0.2) is 72.9 Å². The SMILES string of the molecule is CC/C=C\C/C=C\C/C=C\C/C=C\C/C=C\C/C=C\CCCCCCCCCCC(=O)OC(COC(=O)CCCCCCCCCCCCCCCC)COP(=O)(O)OCC[N+](C)(C)C. The van der Waals surface area contributed by atoms with E-state index in [9.17, 15) is 19.0 Å². The van der Waals surface area contributed by atoms with Crippen molar-refractivity contribution in [3.63, 3.8) is 0 Å². The van der Waals surface area contributed by atoms with Crippen LogP contribution in [0.25, 0.3) is 0 Å². The van der Waals surface area contributed by atoms with E-state index in [2.05, 4.69) is 86.8 Å². The van der Waals surface area contributed by atoms with Gasteiger partial charge in [-0.3, -0.25) is 18.6 Å².